The number of carbonyl (C=O) groups excluding carboxylic acids is 1. The summed E-state index contributed by atoms with van der Waals surface area (Å²) >= 11 is 1.26. The summed E-state index contributed by atoms with van der Waals surface area (Å²) in [4.78, 5) is 30.7. The second-order valence-corrected chi connectivity index (χ2v) is 6.97. The number of benzene rings is 1. The predicted octanol–water partition coefficient (Wildman–Crippen LogP) is 2.61. The van der Waals surface area contributed by atoms with Gasteiger partial charge in [0.2, 0.25) is 5.43 Å². The summed E-state index contributed by atoms with van der Waals surface area (Å²) in [5.41, 5.74) is -0.140. The molecule has 3 heterocycles. The molecule has 0 saturated heterocycles. The number of rotatable bonds is 3. The van der Waals surface area contributed by atoms with E-state index in [0.29, 0.717) is 23.7 Å². The summed E-state index contributed by atoms with van der Waals surface area (Å²) in [6.45, 7) is 0.680. The van der Waals surface area contributed by atoms with Gasteiger partial charge in [0, 0.05) is 37.4 Å². The number of hydrogen-bond acceptors (Lipinski definition) is 5. The number of thiazole rings is 1. The lowest BCUT2D eigenvalue weighted by molar-refractivity contribution is 0.0683. The zero-order valence-electron chi connectivity index (χ0n) is 13.9. The molecule has 0 saturated carbocycles. The third-order valence-electron chi connectivity index (χ3n) is 4.38. The van der Waals surface area contributed by atoms with Gasteiger partial charge >= 0.3 is 0 Å². The van der Waals surface area contributed by atoms with Crippen LogP contribution in [0.15, 0.2) is 40.8 Å². The normalized spacial score (nSPS) is 13.7. The minimum absolute atomic E-state index is 0.0396. The molecule has 1 aliphatic heterocycles. The maximum atomic E-state index is 13.4. The zero-order chi connectivity index (χ0) is 19.1. The highest BCUT2D eigenvalue weighted by molar-refractivity contribution is 7.13. The molecule has 0 atom stereocenters. The molecule has 0 fully saturated rings. The van der Waals surface area contributed by atoms with Crippen molar-refractivity contribution in [2.75, 3.05) is 6.54 Å². The molecular weight excluding hydrogens is 376 g/mol. The fourth-order valence-corrected chi connectivity index (χ4v) is 3.69. The average molecular weight is 389 g/mol. The number of halogens is 2. The lowest BCUT2D eigenvalue weighted by Crippen LogP contribution is -2.41. The molecule has 0 aliphatic carbocycles. The van der Waals surface area contributed by atoms with E-state index in [0.717, 1.165) is 12.1 Å². The molecule has 1 N–H and O–H groups in total. The third kappa shape index (κ3) is 2.99. The minimum atomic E-state index is -0.996. The number of hydrogen-bond donors (Lipinski definition) is 1. The monoisotopic (exact) mass is 389 g/mol. The maximum Gasteiger partial charge on any atom is 0.274 e. The Bertz CT molecular complexity index is 1100. The van der Waals surface area contributed by atoms with E-state index in [1.807, 2.05) is 0 Å². The van der Waals surface area contributed by atoms with E-state index in [-0.39, 0.29) is 17.8 Å². The summed E-state index contributed by atoms with van der Waals surface area (Å²) < 4.78 is 28.0. The van der Waals surface area contributed by atoms with Crippen molar-refractivity contribution in [1.82, 2.24) is 14.5 Å². The first kappa shape index (κ1) is 17.3. The number of pyridine rings is 1. The van der Waals surface area contributed by atoms with Crippen LogP contribution in [0.3, 0.4) is 0 Å². The van der Waals surface area contributed by atoms with Crippen LogP contribution < -0.4 is 5.43 Å². The summed E-state index contributed by atoms with van der Waals surface area (Å²) in [6, 6.07) is 3.41. The third-order valence-corrected chi connectivity index (χ3v) is 5.18. The Morgan fingerprint density at radius 3 is 2.70 bits per heavy atom. The molecule has 0 unspecified atom stereocenters. The van der Waals surface area contributed by atoms with Crippen molar-refractivity contribution in [3.8, 4) is 16.3 Å². The molecule has 1 aliphatic rings. The van der Waals surface area contributed by atoms with Gasteiger partial charge in [-0.05, 0) is 17.7 Å². The van der Waals surface area contributed by atoms with Crippen molar-refractivity contribution in [1.29, 1.82) is 0 Å². The summed E-state index contributed by atoms with van der Waals surface area (Å²) in [7, 11) is 0. The smallest absolute Gasteiger partial charge is 0.274 e. The van der Waals surface area contributed by atoms with E-state index in [4.69, 9.17) is 0 Å². The number of aromatic hydroxyl groups is 1. The molecular formula is C18H13F2N3O3S. The van der Waals surface area contributed by atoms with Gasteiger partial charge in [0.15, 0.2) is 23.1 Å². The van der Waals surface area contributed by atoms with Gasteiger partial charge < -0.3 is 14.6 Å². The first-order chi connectivity index (χ1) is 13.0. The van der Waals surface area contributed by atoms with Gasteiger partial charge in [-0.2, -0.15) is 0 Å². The number of nitrogens with zero attached hydrogens (tertiary/aromatic N) is 3. The van der Waals surface area contributed by atoms with Gasteiger partial charge in [-0.1, -0.05) is 6.07 Å². The topological polar surface area (TPSA) is 75.4 Å². The molecule has 2 aromatic heterocycles. The number of aromatic nitrogens is 2. The molecule has 138 valence electrons. The second kappa shape index (κ2) is 6.58. The number of carbonyl (C=O) groups is 1. The minimum Gasteiger partial charge on any atom is -0.503 e. The van der Waals surface area contributed by atoms with E-state index >= 15 is 0 Å². The SMILES string of the molecule is O=C1c2c(O)c(=O)c(-c3nccs3)cn2CCN1Cc1ccc(F)c(F)c1. The molecule has 0 radical (unpaired) electrons. The van der Waals surface area contributed by atoms with Gasteiger partial charge in [0.05, 0.1) is 5.56 Å². The van der Waals surface area contributed by atoms with Crippen molar-refractivity contribution in [2.24, 2.45) is 0 Å². The lowest BCUT2D eigenvalue weighted by Gasteiger charge is -2.30. The van der Waals surface area contributed by atoms with Crippen LogP contribution in [0.5, 0.6) is 5.75 Å². The van der Waals surface area contributed by atoms with Crippen molar-refractivity contribution < 1.29 is 18.7 Å². The fraction of sp³-hybridized carbons (Fsp3) is 0.167. The molecule has 9 heteroatoms. The van der Waals surface area contributed by atoms with E-state index < -0.39 is 28.7 Å². The maximum absolute atomic E-state index is 13.4. The molecule has 1 amide bonds. The van der Waals surface area contributed by atoms with Gasteiger partial charge in [-0.15, -0.1) is 11.3 Å². The van der Waals surface area contributed by atoms with Crippen LogP contribution in [0.1, 0.15) is 16.1 Å². The van der Waals surface area contributed by atoms with Gasteiger partial charge in [0.25, 0.3) is 5.91 Å². The molecule has 27 heavy (non-hydrogen) atoms. The summed E-state index contributed by atoms with van der Waals surface area (Å²) in [6.07, 6.45) is 3.07. The van der Waals surface area contributed by atoms with Crippen LogP contribution in [0.25, 0.3) is 10.6 Å². The second-order valence-electron chi connectivity index (χ2n) is 6.07. The van der Waals surface area contributed by atoms with Gasteiger partial charge in [0.1, 0.15) is 5.01 Å². The predicted molar refractivity (Wildman–Crippen MR) is 94.6 cm³/mol. The molecule has 4 rings (SSSR count). The Balaban J connectivity index is 1.69. The Labute approximate surface area is 155 Å². The molecule has 3 aromatic rings. The van der Waals surface area contributed by atoms with Crippen LogP contribution in [-0.4, -0.2) is 32.0 Å². The largest absolute Gasteiger partial charge is 0.503 e. The Morgan fingerprint density at radius 1 is 1.19 bits per heavy atom. The molecule has 1 aromatic carbocycles. The highest BCUT2D eigenvalue weighted by atomic mass is 32.1. The van der Waals surface area contributed by atoms with Crippen LogP contribution >= 0.6 is 11.3 Å². The Morgan fingerprint density at radius 2 is 2.00 bits per heavy atom. The van der Waals surface area contributed by atoms with Crippen LogP contribution in [0.2, 0.25) is 0 Å². The van der Waals surface area contributed by atoms with Crippen LogP contribution in [0.4, 0.5) is 8.78 Å². The number of amides is 1. The van der Waals surface area contributed by atoms with Crippen LogP contribution in [0, 0.1) is 11.6 Å². The fourth-order valence-electron chi connectivity index (χ4n) is 3.05. The van der Waals surface area contributed by atoms with E-state index in [2.05, 4.69) is 4.98 Å². The molecule has 0 spiro atoms. The van der Waals surface area contributed by atoms with Crippen molar-refractivity contribution in [2.45, 2.75) is 13.1 Å². The average Bonchev–Trinajstić information content (AvgIpc) is 3.17. The van der Waals surface area contributed by atoms with Crippen LogP contribution in [-0.2, 0) is 13.1 Å². The Hall–Kier alpha value is -3.07. The lowest BCUT2D eigenvalue weighted by atomic mass is 10.1. The Kier molecular flexibility index (Phi) is 4.23. The van der Waals surface area contributed by atoms with Crippen molar-refractivity contribution in [3.63, 3.8) is 0 Å². The summed E-state index contributed by atoms with van der Waals surface area (Å²) in [5.74, 6) is -3.15. The quantitative estimate of drug-likeness (QED) is 0.747. The zero-order valence-corrected chi connectivity index (χ0v) is 14.7. The molecule has 0 bridgehead atoms. The van der Waals surface area contributed by atoms with Crippen molar-refractivity contribution in [3.05, 3.63) is 69.1 Å². The molecule has 6 nitrogen and oxygen atoms in total. The van der Waals surface area contributed by atoms with Crippen molar-refractivity contribution >= 4 is 17.2 Å². The van der Waals surface area contributed by atoms with E-state index in [1.54, 1.807) is 11.6 Å². The highest BCUT2D eigenvalue weighted by Crippen LogP contribution is 2.26. The van der Waals surface area contributed by atoms with Gasteiger partial charge in [-0.25, -0.2) is 13.8 Å². The first-order valence-corrected chi connectivity index (χ1v) is 8.93. The standard InChI is InChI=1S/C18H13F2N3O3S/c19-12-2-1-10(7-13(12)20)8-23-5-4-22-9-11(17-21-3-6-27-17)15(24)16(25)14(22)18(23)26/h1-3,6-7,9,25H,4-5,8H2. The van der Waals surface area contributed by atoms with E-state index in [9.17, 15) is 23.5 Å². The summed E-state index contributed by atoms with van der Waals surface area (Å²) in [5, 5.41) is 12.5. The van der Waals surface area contributed by atoms with E-state index in [1.165, 1.54) is 33.1 Å². The highest BCUT2D eigenvalue weighted by Gasteiger charge is 2.30. The van der Waals surface area contributed by atoms with Gasteiger partial charge in [-0.3, -0.25) is 9.59 Å². The first-order valence-electron chi connectivity index (χ1n) is 8.05. The number of fused-ring (bicyclic) bond motifs is 1.